The second-order valence-electron chi connectivity index (χ2n) is 4.02. The van der Waals surface area contributed by atoms with Crippen LogP contribution in [0.15, 0.2) is 30.5 Å². The monoisotopic (exact) mass is 245 g/mol. The number of rotatable bonds is 4. The van der Waals surface area contributed by atoms with Gasteiger partial charge in [-0.1, -0.05) is 18.2 Å². The smallest absolute Gasteiger partial charge is 0.313 e. The number of hydrogen-bond acceptors (Lipinski definition) is 3. The first-order valence-electron chi connectivity index (χ1n) is 5.85. The van der Waals surface area contributed by atoms with Gasteiger partial charge in [0.15, 0.2) is 5.78 Å². The van der Waals surface area contributed by atoms with Crippen molar-refractivity contribution in [3.63, 3.8) is 0 Å². The number of aromatic nitrogens is 1. The zero-order valence-corrected chi connectivity index (χ0v) is 10.5. The zero-order chi connectivity index (χ0) is 13.1. The topological polar surface area (TPSA) is 48.3 Å². The molecule has 4 nitrogen and oxygen atoms in total. The van der Waals surface area contributed by atoms with Gasteiger partial charge in [0.1, 0.15) is 6.42 Å². The summed E-state index contributed by atoms with van der Waals surface area (Å²) in [5, 5.41) is 0.883. The minimum absolute atomic E-state index is 0.203. The third-order valence-electron chi connectivity index (χ3n) is 2.96. The summed E-state index contributed by atoms with van der Waals surface area (Å²) in [6.45, 7) is 2.80. The van der Waals surface area contributed by atoms with Crippen molar-refractivity contribution in [3.05, 3.63) is 36.0 Å². The van der Waals surface area contributed by atoms with Gasteiger partial charge in [-0.3, -0.25) is 9.59 Å². The summed E-state index contributed by atoms with van der Waals surface area (Å²) in [5.74, 6) is -0.710. The molecule has 0 bridgehead atoms. The summed E-state index contributed by atoms with van der Waals surface area (Å²) in [6.07, 6.45) is 1.59. The number of benzene rings is 1. The van der Waals surface area contributed by atoms with Crippen LogP contribution in [0.2, 0.25) is 0 Å². The van der Waals surface area contributed by atoms with Gasteiger partial charge < -0.3 is 9.30 Å². The van der Waals surface area contributed by atoms with E-state index in [1.807, 2.05) is 35.8 Å². The highest BCUT2D eigenvalue weighted by Crippen LogP contribution is 2.22. The van der Waals surface area contributed by atoms with E-state index in [0.717, 1.165) is 17.4 Å². The van der Waals surface area contributed by atoms with E-state index < -0.39 is 5.97 Å². The van der Waals surface area contributed by atoms with Crippen LogP contribution in [0.3, 0.4) is 0 Å². The van der Waals surface area contributed by atoms with Gasteiger partial charge >= 0.3 is 5.97 Å². The van der Waals surface area contributed by atoms with Crippen molar-refractivity contribution >= 4 is 22.7 Å². The molecule has 0 N–H and O–H groups in total. The lowest BCUT2D eigenvalue weighted by Gasteiger charge is -1.98. The SMILES string of the molecule is CCn1cc(C(=O)CC(=O)OC)c2ccccc21. The zero-order valence-electron chi connectivity index (χ0n) is 10.5. The predicted molar refractivity (Wildman–Crippen MR) is 68.6 cm³/mol. The molecule has 2 rings (SSSR count). The standard InChI is InChI=1S/C14H15NO3/c1-3-15-9-11(13(16)8-14(17)18-2)10-6-4-5-7-12(10)15/h4-7,9H,3,8H2,1-2H3. The molecule has 0 amide bonds. The largest absolute Gasteiger partial charge is 0.469 e. The molecule has 1 aromatic heterocycles. The van der Waals surface area contributed by atoms with Crippen LogP contribution in [-0.4, -0.2) is 23.4 Å². The molecule has 0 saturated heterocycles. The maximum atomic E-state index is 12.0. The van der Waals surface area contributed by atoms with Crippen molar-refractivity contribution < 1.29 is 14.3 Å². The molecule has 0 radical (unpaired) electrons. The van der Waals surface area contributed by atoms with E-state index >= 15 is 0 Å². The van der Waals surface area contributed by atoms with Crippen molar-refractivity contribution in [2.75, 3.05) is 7.11 Å². The highest BCUT2D eigenvalue weighted by atomic mass is 16.5. The molecule has 1 heterocycles. The molecule has 0 unspecified atom stereocenters. The van der Waals surface area contributed by atoms with Crippen molar-refractivity contribution in [1.29, 1.82) is 0 Å². The number of fused-ring (bicyclic) bond motifs is 1. The van der Waals surface area contributed by atoms with Crippen LogP contribution in [-0.2, 0) is 16.1 Å². The Morgan fingerprint density at radius 2 is 2.00 bits per heavy atom. The molecule has 0 atom stereocenters. The van der Waals surface area contributed by atoms with Gasteiger partial charge in [0.05, 0.1) is 7.11 Å². The van der Waals surface area contributed by atoms with Gasteiger partial charge in [-0.25, -0.2) is 0 Å². The average molecular weight is 245 g/mol. The van der Waals surface area contributed by atoms with Gasteiger partial charge in [0.25, 0.3) is 0 Å². The number of nitrogens with zero attached hydrogens (tertiary/aromatic N) is 1. The van der Waals surface area contributed by atoms with E-state index in [4.69, 9.17) is 0 Å². The maximum Gasteiger partial charge on any atom is 0.313 e. The molecule has 0 spiro atoms. The number of Topliss-reactive ketones (excluding diaryl/α,β-unsaturated/α-hetero) is 1. The first kappa shape index (κ1) is 12.4. The van der Waals surface area contributed by atoms with Gasteiger partial charge in [-0.05, 0) is 13.0 Å². The molecule has 0 aliphatic rings. The van der Waals surface area contributed by atoms with Crippen molar-refractivity contribution in [3.8, 4) is 0 Å². The third kappa shape index (κ3) is 2.14. The number of esters is 1. The predicted octanol–water partition coefficient (Wildman–Crippen LogP) is 2.41. The number of hydrogen-bond donors (Lipinski definition) is 0. The molecule has 1 aromatic carbocycles. The Labute approximate surface area is 105 Å². The minimum atomic E-state index is -0.506. The molecular weight excluding hydrogens is 230 g/mol. The summed E-state index contributed by atoms with van der Waals surface area (Å²) in [6, 6.07) is 7.68. The Kier molecular flexibility index (Phi) is 3.46. The van der Waals surface area contributed by atoms with Gasteiger partial charge in [0, 0.05) is 29.2 Å². The minimum Gasteiger partial charge on any atom is -0.469 e. The molecule has 0 aliphatic carbocycles. The highest BCUT2D eigenvalue weighted by Gasteiger charge is 2.17. The Hall–Kier alpha value is -2.10. The second-order valence-corrected chi connectivity index (χ2v) is 4.02. The Balaban J connectivity index is 2.45. The number of para-hydroxylation sites is 1. The molecule has 4 heteroatoms. The number of carbonyl (C=O) groups excluding carboxylic acids is 2. The fourth-order valence-corrected chi connectivity index (χ4v) is 2.03. The van der Waals surface area contributed by atoms with Crippen LogP contribution < -0.4 is 0 Å². The van der Waals surface area contributed by atoms with E-state index in [0.29, 0.717) is 5.56 Å². The van der Waals surface area contributed by atoms with Crippen LogP contribution >= 0.6 is 0 Å². The molecule has 0 aliphatic heterocycles. The van der Waals surface area contributed by atoms with E-state index in [9.17, 15) is 9.59 Å². The normalized spacial score (nSPS) is 10.6. The molecular formula is C14H15NO3. The maximum absolute atomic E-state index is 12.0. The average Bonchev–Trinajstić information content (AvgIpc) is 2.77. The van der Waals surface area contributed by atoms with E-state index in [1.54, 1.807) is 6.20 Å². The quantitative estimate of drug-likeness (QED) is 0.472. The van der Waals surface area contributed by atoms with Crippen molar-refractivity contribution in [2.24, 2.45) is 0 Å². The van der Waals surface area contributed by atoms with E-state index in [2.05, 4.69) is 4.74 Å². The van der Waals surface area contributed by atoms with Gasteiger partial charge in [-0.15, -0.1) is 0 Å². The Morgan fingerprint density at radius 1 is 1.28 bits per heavy atom. The lowest BCUT2D eigenvalue weighted by molar-refractivity contribution is -0.139. The molecule has 0 fully saturated rings. The van der Waals surface area contributed by atoms with E-state index in [-0.39, 0.29) is 12.2 Å². The molecule has 18 heavy (non-hydrogen) atoms. The van der Waals surface area contributed by atoms with Crippen LogP contribution in [0.1, 0.15) is 23.7 Å². The summed E-state index contributed by atoms with van der Waals surface area (Å²) in [4.78, 5) is 23.2. The number of methoxy groups -OCH3 is 1. The van der Waals surface area contributed by atoms with Crippen LogP contribution in [0.25, 0.3) is 10.9 Å². The fraction of sp³-hybridized carbons (Fsp3) is 0.286. The summed E-state index contributed by atoms with van der Waals surface area (Å²) in [5.41, 5.74) is 1.59. The van der Waals surface area contributed by atoms with Gasteiger partial charge in [-0.2, -0.15) is 0 Å². The highest BCUT2D eigenvalue weighted by molar-refractivity contribution is 6.13. The molecule has 0 saturated carbocycles. The fourth-order valence-electron chi connectivity index (χ4n) is 2.03. The van der Waals surface area contributed by atoms with Gasteiger partial charge in [0.2, 0.25) is 0 Å². The third-order valence-corrected chi connectivity index (χ3v) is 2.96. The van der Waals surface area contributed by atoms with Crippen LogP contribution in [0, 0.1) is 0 Å². The lowest BCUT2D eigenvalue weighted by Crippen LogP contribution is -2.09. The van der Waals surface area contributed by atoms with Crippen LogP contribution in [0.5, 0.6) is 0 Å². The molecule has 94 valence electrons. The summed E-state index contributed by atoms with van der Waals surface area (Å²) < 4.78 is 6.52. The Morgan fingerprint density at radius 3 is 2.67 bits per heavy atom. The lowest BCUT2D eigenvalue weighted by atomic mass is 10.1. The van der Waals surface area contributed by atoms with Crippen molar-refractivity contribution in [1.82, 2.24) is 4.57 Å². The number of ether oxygens (including phenoxy) is 1. The second kappa shape index (κ2) is 5.04. The molecule has 2 aromatic rings. The number of aryl methyl sites for hydroxylation is 1. The Bertz CT molecular complexity index is 598. The van der Waals surface area contributed by atoms with Crippen molar-refractivity contribution in [2.45, 2.75) is 19.9 Å². The first-order valence-corrected chi connectivity index (χ1v) is 5.85. The first-order chi connectivity index (χ1) is 8.67. The number of carbonyl (C=O) groups is 2. The van der Waals surface area contributed by atoms with E-state index in [1.165, 1.54) is 7.11 Å². The van der Waals surface area contributed by atoms with Crippen LogP contribution in [0.4, 0.5) is 0 Å². The summed E-state index contributed by atoms with van der Waals surface area (Å²) in [7, 11) is 1.28. The number of ketones is 1. The summed E-state index contributed by atoms with van der Waals surface area (Å²) >= 11 is 0.